The van der Waals surface area contributed by atoms with Crippen LogP contribution in [-0.4, -0.2) is 12.7 Å². The second-order valence-corrected chi connectivity index (χ2v) is 3.34. The molecule has 0 saturated carbocycles. The molecule has 0 aliphatic carbocycles. The van der Waals surface area contributed by atoms with Crippen LogP contribution in [0.1, 0.15) is 17.5 Å². The Kier molecular flexibility index (Phi) is 2.78. The van der Waals surface area contributed by atoms with Gasteiger partial charge in [0.1, 0.15) is 0 Å². The van der Waals surface area contributed by atoms with Crippen LogP contribution in [0.15, 0.2) is 24.3 Å². The summed E-state index contributed by atoms with van der Waals surface area (Å²) in [5.41, 5.74) is 1.87. The maximum atomic E-state index is 8.62. The lowest BCUT2D eigenvalue weighted by Crippen LogP contribution is -2.08. The standard InChI is InChI=1S/C11H11NO2/c12-8-10-3-1-9(2-4-10)7-11-5-6-13-14-11/h1-4,11H,5-7H2. The van der Waals surface area contributed by atoms with Crippen LogP contribution in [0.4, 0.5) is 0 Å². The van der Waals surface area contributed by atoms with Gasteiger partial charge < -0.3 is 0 Å². The lowest BCUT2D eigenvalue weighted by Gasteiger charge is -2.06. The van der Waals surface area contributed by atoms with Crippen molar-refractivity contribution in [1.82, 2.24) is 0 Å². The van der Waals surface area contributed by atoms with Crippen LogP contribution >= 0.6 is 0 Å². The first-order valence-electron chi connectivity index (χ1n) is 4.66. The van der Waals surface area contributed by atoms with E-state index in [2.05, 4.69) is 6.07 Å². The van der Waals surface area contributed by atoms with Gasteiger partial charge in [-0.1, -0.05) is 12.1 Å². The van der Waals surface area contributed by atoms with E-state index in [1.54, 1.807) is 0 Å². The first-order chi connectivity index (χ1) is 6.88. The van der Waals surface area contributed by atoms with E-state index in [1.807, 2.05) is 24.3 Å². The van der Waals surface area contributed by atoms with Crippen molar-refractivity contribution in [2.45, 2.75) is 18.9 Å². The normalized spacial score (nSPS) is 20.6. The van der Waals surface area contributed by atoms with Crippen LogP contribution in [0.25, 0.3) is 0 Å². The van der Waals surface area contributed by atoms with Crippen LogP contribution < -0.4 is 0 Å². The molecule has 0 spiro atoms. The van der Waals surface area contributed by atoms with E-state index in [0.29, 0.717) is 12.2 Å². The predicted molar refractivity (Wildman–Crippen MR) is 50.3 cm³/mol. The SMILES string of the molecule is N#Cc1ccc(CC2CCOO2)cc1. The predicted octanol–water partition coefficient (Wildman–Crippen LogP) is 1.82. The van der Waals surface area contributed by atoms with Crippen molar-refractivity contribution in [3.63, 3.8) is 0 Å². The van der Waals surface area contributed by atoms with Crippen molar-refractivity contribution < 1.29 is 9.78 Å². The highest BCUT2D eigenvalue weighted by atomic mass is 17.2. The molecule has 3 heteroatoms. The lowest BCUT2D eigenvalue weighted by molar-refractivity contribution is -0.273. The van der Waals surface area contributed by atoms with Gasteiger partial charge in [-0.3, -0.25) is 0 Å². The molecule has 1 aliphatic heterocycles. The third-order valence-corrected chi connectivity index (χ3v) is 2.27. The average molecular weight is 189 g/mol. The molecular formula is C11H11NO2. The molecule has 14 heavy (non-hydrogen) atoms. The Morgan fingerprint density at radius 2 is 2.14 bits per heavy atom. The minimum atomic E-state index is 0.169. The number of rotatable bonds is 2. The van der Waals surface area contributed by atoms with E-state index in [4.69, 9.17) is 15.0 Å². The topological polar surface area (TPSA) is 42.2 Å². The maximum absolute atomic E-state index is 8.62. The van der Waals surface area contributed by atoms with Crippen LogP contribution in [0.5, 0.6) is 0 Å². The Morgan fingerprint density at radius 1 is 1.36 bits per heavy atom. The number of benzene rings is 1. The quantitative estimate of drug-likeness (QED) is 0.666. The first-order valence-corrected chi connectivity index (χ1v) is 4.66. The Hall–Kier alpha value is -1.37. The monoisotopic (exact) mass is 189 g/mol. The number of nitrogens with zero attached hydrogens (tertiary/aromatic N) is 1. The van der Waals surface area contributed by atoms with Gasteiger partial charge in [0.25, 0.3) is 0 Å². The zero-order chi connectivity index (χ0) is 9.80. The third-order valence-electron chi connectivity index (χ3n) is 2.27. The molecule has 1 fully saturated rings. The molecule has 72 valence electrons. The summed E-state index contributed by atoms with van der Waals surface area (Å²) in [6.07, 6.45) is 1.97. The molecular weight excluding hydrogens is 178 g/mol. The summed E-state index contributed by atoms with van der Waals surface area (Å²) in [7, 11) is 0. The zero-order valence-corrected chi connectivity index (χ0v) is 7.77. The molecule has 1 saturated heterocycles. The third kappa shape index (κ3) is 2.11. The van der Waals surface area contributed by atoms with Crippen LogP contribution in [-0.2, 0) is 16.2 Å². The van der Waals surface area contributed by atoms with E-state index in [0.717, 1.165) is 12.8 Å². The van der Waals surface area contributed by atoms with Gasteiger partial charge >= 0.3 is 0 Å². The fourth-order valence-corrected chi connectivity index (χ4v) is 1.49. The lowest BCUT2D eigenvalue weighted by atomic mass is 10.0. The molecule has 3 nitrogen and oxygen atoms in total. The summed E-state index contributed by atoms with van der Waals surface area (Å²) < 4.78 is 0. The summed E-state index contributed by atoms with van der Waals surface area (Å²) in [6, 6.07) is 9.66. The van der Waals surface area contributed by atoms with Crippen molar-refractivity contribution in [2.24, 2.45) is 0 Å². The molecule has 1 heterocycles. The number of hydrogen-bond donors (Lipinski definition) is 0. The van der Waals surface area contributed by atoms with Gasteiger partial charge in [-0.2, -0.15) is 5.26 Å². The van der Waals surface area contributed by atoms with Gasteiger partial charge in [0, 0.05) is 12.8 Å². The van der Waals surface area contributed by atoms with E-state index in [9.17, 15) is 0 Å². The van der Waals surface area contributed by atoms with Crippen molar-refractivity contribution >= 4 is 0 Å². The molecule has 0 radical (unpaired) electrons. The van der Waals surface area contributed by atoms with E-state index in [1.165, 1.54) is 5.56 Å². The van der Waals surface area contributed by atoms with E-state index in [-0.39, 0.29) is 6.10 Å². The highest BCUT2D eigenvalue weighted by Crippen LogP contribution is 2.15. The van der Waals surface area contributed by atoms with Crippen molar-refractivity contribution in [3.05, 3.63) is 35.4 Å². The zero-order valence-electron chi connectivity index (χ0n) is 7.77. The molecule has 0 bridgehead atoms. The molecule has 0 amide bonds. The maximum Gasteiger partial charge on any atom is 0.0993 e. The molecule has 2 rings (SSSR count). The second-order valence-electron chi connectivity index (χ2n) is 3.34. The molecule has 1 aliphatic rings. The number of nitriles is 1. The summed E-state index contributed by atoms with van der Waals surface area (Å²) in [4.78, 5) is 9.87. The first kappa shape index (κ1) is 9.20. The Balaban J connectivity index is 1.99. The average Bonchev–Trinajstić information content (AvgIpc) is 2.72. The molecule has 1 unspecified atom stereocenters. The molecule has 0 N–H and O–H groups in total. The Morgan fingerprint density at radius 3 is 2.71 bits per heavy atom. The summed E-state index contributed by atoms with van der Waals surface area (Å²) in [5, 5.41) is 8.62. The second kappa shape index (κ2) is 4.23. The van der Waals surface area contributed by atoms with Gasteiger partial charge in [-0.05, 0) is 17.7 Å². The fraction of sp³-hybridized carbons (Fsp3) is 0.364. The summed E-state index contributed by atoms with van der Waals surface area (Å²) in [5.74, 6) is 0. The fourth-order valence-electron chi connectivity index (χ4n) is 1.49. The van der Waals surface area contributed by atoms with Crippen molar-refractivity contribution in [2.75, 3.05) is 6.61 Å². The van der Waals surface area contributed by atoms with Crippen LogP contribution in [0.3, 0.4) is 0 Å². The number of hydrogen-bond acceptors (Lipinski definition) is 3. The van der Waals surface area contributed by atoms with Crippen LogP contribution in [0.2, 0.25) is 0 Å². The highest BCUT2D eigenvalue weighted by Gasteiger charge is 2.17. The molecule has 0 aromatic heterocycles. The Labute approximate surface area is 82.8 Å². The Bertz CT molecular complexity index is 333. The highest BCUT2D eigenvalue weighted by molar-refractivity contribution is 5.31. The molecule has 1 aromatic rings. The van der Waals surface area contributed by atoms with Crippen molar-refractivity contribution in [1.29, 1.82) is 5.26 Å². The van der Waals surface area contributed by atoms with Gasteiger partial charge in [0.05, 0.1) is 24.3 Å². The van der Waals surface area contributed by atoms with Crippen LogP contribution in [0, 0.1) is 11.3 Å². The summed E-state index contributed by atoms with van der Waals surface area (Å²) >= 11 is 0. The largest absolute Gasteiger partial charge is 0.236 e. The smallest absolute Gasteiger partial charge is 0.0993 e. The van der Waals surface area contributed by atoms with Gasteiger partial charge in [0.15, 0.2) is 0 Å². The molecule has 1 aromatic carbocycles. The minimum Gasteiger partial charge on any atom is -0.236 e. The van der Waals surface area contributed by atoms with Gasteiger partial charge in [-0.15, -0.1) is 0 Å². The minimum absolute atomic E-state index is 0.169. The summed E-state index contributed by atoms with van der Waals surface area (Å²) in [6.45, 7) is 0.681. The van der Waals surface area contributed by atoms with Gasteiger partial charge in [0.2, 0.25) is 0 Å². The van der Waals surface area contributed by atoms with E-state index >= 15 is 0 Å². The van der Waals surface area contributed by atoms with E-state index < -0.39 is 0 Å². The van der Waals surface area contributed by atoms with Crippen molar-refractivity contribution in [3.8, 4) is 6.07 Å². The molecule has 1 atom stereocenters. The van der Waals surface area contributed by atoms with Gasteiger partial charge in [-0.25, -0.2) is 9.78 Å².